The molecule has 0 aliphatic carbocycles. The Labute approximate surface area is 142 Å². The molecule has 0 fully saturated rings. The Bertz CT molecular complexity index is 779. The summed E-state index contributed by atoms with van der Waals surface area (Å²) >= 11 is 3.06. The summed E-state index contributed by atoms with van der Waals surface area (Å²) in [6.45, 7) is 2.54. The molecule has 1 aromatic carbocycles. The minimum atomic E-state index is -0.705. The van der Waals surface area contributed by atoms with Gasteiger partial charge >= 0.3 is 6.03 Å². The number of aliphatic hydroxyl groups is 1. The normalized spacial score (nSPS) is 12.3. The third kappa shape index (κ3) is 3.87. The summed E-state index contributed by atoms with van der Waals surface area (Å²) < 4.78 is 1.13. The van der Waals surface area contributed by atoms with Gasteiger partial charge in [-0.1, -0.05) is 18.2 Å². The highest BCUT2D eigenvalue weighted by molar-refractivity contribution is 7.19. The van der Waals surface area contributed by atoms with Gasteiger partial charge in [0.25, 0.3) is 0 Å². The highest BCUT2D eigenvalue weighted by atomic mass is 32.1. The van der Waals surface area contributed by atoms with Crippen molar-refractivity contribution in [1.29, 1.82) is 0 Å². The van der Waals surface area contributed by atoms with Gasteiger partial charge in [0, 0.05) is 14.5 Å². The molecule has 3 N–H and O–H groups in total. The number of aliphatic hydroxyl groups excluding tert-OH is 1. The fraction of sp³-hybridized carbons (Fsp3) is 0.250. The zero-order valence-corrected chi connectivity index (χ0v) is 14.2. The molecular weight excluding hydrogens is 330 g/mol. The second-order valence-corrected chi connectivity index (χ2v) is 7.18. The van der Waals surface area contributed by atoms with Gasteiger partial charge in [-0.25, -0.2) is 9.78 Å². The van der Waals surface area contributed by atoms with E-state index in [9.17, 15) is 9.90 Å². The number of thiophene rings is 1. The van der Waals surface area contributed by atoms with Crippen LogP contribution >= 0.6 is 22.7 Å². The van der Waals surface area contributed by atoms with Crippen molar-refractivity contribution < 1.29 is 9.90 Å². The van der Waals surface area contributed by atoms with Gasteiger partial charge in [-0.3, -0.25) is 0 Å². The van der Waals surface area contributed by atoms with Crippen molar-refractivity contribution in [3.8, 4) is 0 Å². The number of thiazole rings is 1. The number of nitrogens with one attached hydrogen (secondary N) is 2. The average molecular weight is 347 g/mol. The molecule has 23 heavy (non-hydrogen) atoms. The maximum absolute atomic E-state index is 11.8. The molecule has 3 aromatic rings. The molecule has 1 unspecified atom stereocenters. The minimum Gasteiger partial charge on any atom is -0.386 e. The van der Waals surface area contributed by atoms with Crippen molar-refractivity contribution in [2.24, 2.45) is 0 Å². The minimum absolute atomic E-state index is 0.181. The number of hydrogen-bond acceptors (Lipinski definition) is 5. The van der Waals surface area contributed by atoms with Gasteiger partial charge in [0.15, 0.2) is 0 Å². The molecule has 2 heterocycles. The SMILES string of the molecule is Cc1ncsc1CNC(=O)NCC(O)c1cc2ccccc2s1. The quantitative estimate of drug-likeness (QED) is 0.663. The van der Waals surface area contributed by atoms with Gasteiger partial charge in [0.05, 0.1) is 24.3 Å². The summed E-state index contributed by atoms with van der Waals surface area (Å²) in [4.78, 5) is 17.8. The number of benzene rings is 1. The van der Waals surface area contributed by atoms with Gasteiger partial charge in [-0.05, 0) is 24.4 Å². The van der Waals surface area contributed by atoms with Crippen LogP contribution in [0.1, 0.15) is 21.6 Å². The average Bonchev–Trinajstić information content (AvgIpc) is 3.16. The molecule has 0 aliphatic heterocycles. The molecule has 2 amide bonds. The fourth-order valence-corrected chi connectivity index (χ4v) is 3.94. The predicted molar refractivity (Wildman–Crippen MR) is 93.9 cm³/mol. The van der Waals surface area contributed by atoms with E-state index in [1.165, 1.54) is 11.3 Å². The standard InChI is InChI=1S/C16H17N3O2S2/c1-10-15(22-9-19-10)8-18-16(21)17-7-12(20)14-6-11-4-2-3-5-13(11)23-14/h2-6,9,12,20H,7-8H2,1H3,(H2,17,18,21). The number of carbonyl (C=O) groups excluding carboxylic acids is 1. The smallest absolute Gasteiger partial charge is 0.315 e. The molecule has 120 valence electrons. The number of nitrogens with zero attached hydrogens (tertiary/aromatic N) is 1. The molecule has 2 aromatic heterocycles. The Morgan fingerprint density at radius 1 is 1.35 bits per heavy atom. The predicted octanol–water partition coefficient (Wildman–Crippen LogP) is 3.20. The van der Waals surface area contributed by atoms with Crippen molar-refractivity contribution >= 4 is 38.8 Å². The largest absolute Gasteiger partial charge is 0.386 e. The fourth-order valence-electron chi connectivity index (χ4n) is 2.18. The Kier molecular flexibility index (Phi) is 4.90. The Morgan fingerprint density at radius 3 is 2.91 bits per heavy atom. The second kappa shape index (κ2) is 7.08. The number of rotatable bonds is 5. The first-order valence-electron chi connectivity index (χ1n) is 7.20. The number of hydrogen-bond donors (Lipinski definition) is 3. The summed E-state index contributed by atoms with van der Waals surface area (Å²) in [5.41, 5.74) is 2.69. The van der Waals surface area contributed by atoms with Crippen LogP contribution in [0.4, 0.5) is 4.79 Å². The van der Waals surface area contributed by atoms with Gasteiger partial charge in [0.1, 0.15) is 6.10 Å². The lowest BCUT2D eigenvalue weighted by atomic mass is 10.2. The van der Waals surface area contributed by atoms with Gasteiger partial charge in [-0.15, -0.1) is 22.7 Å². The van der Waals surface area contributed by atoms with Crippen molar-refractivity contribution in [1.82, 2.24) is 15.6 Å². The van der Waals surface area contributed by atoms with Crippen LogP contribution in [0.25, 0.3) is 10.1 Å². The van der Waals surface area contributed by atoms with E-state index in [0.717, 1.165) is 25.5 Å². The second-order valence-electron chi connectivity index (χ2n) is 5.13. The van der Waals surface area contributed by atoms with Crippen molar-refractivity contribution in [3.05, 3.63) is 51.3 Å². The number of fused-ring (bicyclic) bond motifs is 1. The Hall–Kier alpha value is -1.96. The molecular formula is C16H17N3O2S2. The zero-order chi connectivity index (χ0) is 16.2. The molecule has 3 rings (SSSR count). The van der Waals surface area contributed by atoms with Crippen LogP contribution in [0.3, 0.4) is 0 Å². The maximum atomic E-state index is 11.8. The lowest BCUT2D eigenvalue weighted by Gasteiger charge is -2.11. The molecule has 0 spiro atoms. The van der Waals surface area contributed by atoms with E-state index in [-0.39, 0.29) is 12.6 Å². The molecule has 5 nitrogen and oxygen atoms in total. The van der Waals surface area contributed by atoms with Gasteiger partial charge in [0.2, 0.25) is 0 Å². The lowest BCUT2D eigenvalue weighted by Crippen LogP contribution is -2.37. The topological polar surface area (TPSA) is 74.2 Å². The van der Waals surface area contributed by atoms with Crippen LogP contribution in [0.2, 0.25) is 0 Å². The molecule has 7 heteroatoms. The summed E-state index contributed by atoms with van der Waals surface area (Å²) in [7, 11) is 0. The molecule has 0 saturated carbocycles. The van der Waals surface area contributed by atoms with E-state index in [1.807, 2.05) is 37.3 Å². The van der Waals surface area contributed by atoms with Crippen LogP contribution in [0.5, 0.6) is 0 Å². The number of aromatic nitrogens is 1. The van der Waals surface area contributed by atoms with E-state index in [1.54, 1.807) is 16.8 Å². The summed E-state index contributed by atoms with van der Waals surface area (Å²) in [5.74, 6) is 0. The lowest BCUT2D eigenvalue weighted by molar-refractivity contribution is 0.176. The Balaban J connectivity index is 1.51. The van der Waals surface area contributed by atoms with E-state index in [4.69, 9.17) is 0 Å². The van der Waals surface area contributed by atoms with Crippen LogP contribution in [-0.4, -0.2) is 22.7 Å². The van der Waals surface area contributed by atoms with E-state index in [2.05, 4.69) is 15.6 Å². The van der Waals surface area contributed by atoms with Crippen molar-refractivity contribution in [2.75, 3.05) is 6.54 Å². The third-order valence-corrected chi connectivity index (χ3v) is 5.64. The molecule has 0 radical (unpaired) electrons. The van der Waals surface area contributed by atoms with E-state index in [0.29, 0.717) is 6.54 Å². The summed E-state index contributed by atoms with van der Waals surface area (Å²) in [6.07, 6.45) is -0.705. The monoisotopic (exact) mass is 347 g/mol. The molecule has 0 bridgehead atoms. The van der Waals surface area contributed by atoms with Crippen LogP contribution in [-0.2, 0) is 6.54 Å². The first kappa shape index (κ1) is 15.9. The summed E-state index contributed by atoms with van der Waals surface area (Å²) in [5, 5.41) is 16.8. The van der Waals surface area contributed by atoms with Crippen LogP contribution in [0, 0.1) is 6.92 Å². The van der Waals surface area contributed by atoms with Gasteiger partial charge in [-0.2, -0.15) is 0 Å². The molecule has 0 saturated heterocycles. The Morgan fingerprint density at radius 2 is 2.17 bits per heavy atom. The van der Waals surface area contributed by atoms with Crippen LogP contribution < -0.4 is 10.6 Å². The molecule has 1 atom stereocenters. The third-order valence-electron chi connectivity index (χ3n) is 3.48. The number of amides is 2. The zero-order valence-electron chi connectivity index (χ0n) is 12.6. The number of urea groups is 1. The van der Waals surface area contributed by atoms with Crippen molar-refractivity contribution in [2.45, 2.75) is 19.6 Å². The maximum Gasteiger partial charge on any atom is 0.315 e. The van der Waals surface area contributed by atoms with Crippen molar-refractivity contribution in [3.63, 3.8) is 0 Å². The highest BCUT2D eigenvalue weighted by Crippen LogP contribution is 2.29. The van der Waals surface area contributed by atoms with E-state index < -0.39 is 6.10 Å². The molecule has 0 aliphatic rings. The highest BCUT2D eigenvalue weighted by Gasteiger charge is 2.13. The number of aryl methyl sites for hydroxylation is 1. The van der Waals surface area contributed by atoms with Crippen LogP contribution in [0.15, 0.2) is 35.8 Å². The summed E-state index contributed by atoms with van der Waals surface area (Å²) in [6, 6.07) is 9.65. The first-order chi connectivity index (χ1) is 11.1. The van der Waals surface area contributed by atoms with E-state index >= 15 is 0 Å². The number of carbonyl (C=O) groups is 1. The first-order valence-corrected chi connectivity index (χ1v) is 8.90. The van der Waals surface area contributed by atoms with Gasteiger partial charge < -0.3 is 15.7 Å².